The van der Waals surface area contributed by atoms with Crippen LogP contribution in [0.5, 0.6) is 5.75 Å². The van der Waals surface area contributed by atoms with Crippen molar-refractivity contribution in [2.24, 2.45) is 4.99 Å². The highest BCUT2D eigenvalue weighted by atomic mass is 32.1. The van der Waals surface area contributed by atoms with Gasteiger partial charge in [-0.1, -0.05) is 36.8 Å². The van der Waals surface area contributed by atoms with E-state index < -0.39 is 5.97 Å². The van der Waals surface area contributed by atoms with Gasteiger partial charge in [-0.05, 0) is 44.0 Å². The first-order chi connectivity index (χ1) is 13.5. The second-order valence-electron chi connectivity index (χ2n) is 6.46. The number of thiazole rings is 1. The van der Waals surface area contributed by atoms with E-state index in [1.54, 1.807) is 21.0 Å². The molecule has 2 aromatic rings. The minimum Gasteiger partial charge on any atom is -0.497 e. The molecule has 0 unspecified atom stereocenters. The van der Waals surface area contributed by atoms with E-state index in [4.69, 9.17) is 14.5 Å². The molecule has 1 atom stereocenters. The Labute approximate surface area is 167 Å². The summed E-state index contributed by atoms with van der Waals surface area (Å²) in [5.74, 6) is 0.362. The van der Waals surface area contributed by atoms with Gasteiger partial charge in [0.05, 0.1) is 29.9 Å². The van der Waals surface area contributed by atoms with Gasteiger partial charge in [0.25, 0.3) is 5.56 Å². The molecule has 2 heterocycles. The number of carbonyl (C=O) groups is 1. The summed E-state index contributed by atoms with van der Waals surface area (Å²) < 4.78 is 12.5. The van der Waals surface area contributed by atoms with Crippen LogP contribution in [0.3, 0.4) is 0 Å². The van der Waals surface area contributed by atoms with Gasteiger partial charge in [0.15, 0.2) is 4.80 Å². The van der Waals surface area contributed by atoms with Crippen LogP contribution < -0.4 is 19.6 Å². The number of carbonyl (C=O) groups excluding carboxylic acids is 1. The molecule has 0 saturated heterocycles. The normalized spacial score (nSPS) is 16.6. The number of allylic oxidation sites excluding steroid dienone is 1. The largest absolute Gasteiger partial charge is 0.497 e. The van der Waals surface area contributed by atoms with E-state index in [0.717, 1.165) is 24.2 Å². The van der Waals surface area contributed by atoms with Crippen LogP contribution in [0.25, 0.3) is 11.8 Å². The topological polar surface area (TPSA) is 69.9 Å². The second kappa shape index (κ2) is 8.56. The molecule has 0 radical (unpaired) electrons. The zero-order valence-corrected chi connectivity index (χ0v) is 17.3. The van der Waals surface area contributed by atoms with Gasteiger partial charge in [-0.2, -0.15) is 0 Å². The number of nitrogens with zero attached hydrogens (tertiary/aromatic N) is 2. The van der Waals surface area contributed by atoms with Crippen molar-refractivity contribution < 1.29 is 14.3 Å². The van der Waals surface area contributed by atoms with Crippen molar-refractivity contribution >= 4 is 29.1 Å². The Balaban J connectivity index is 2.15. The Morgan fingerprint density at radius 2 is 2.00 bits per heavy atom. The zero-order chi connectivity index (χ0) is 20.3. The molecule has 0 bridgehead atoms. The van der Waals surface area contributed by atoms with Crippen LogP contribution in [0.2, 0.25) is 0 Å². The van der Waals surface area contributed by atoms with Crippen LogP contribution in [-0.4, -0.2) is 30.3 Å². The predicted octanol–water partition coefficient (Wildman–Crippen LogP) is 2.34. The minimum atomic E-state index is -0.397. The molecule has 0 aliphatic carbocycles. The molecule has 0 fully saturated rings. The lowest BCUT2D eigenvalue weighted by Crippen LogP contribution is -2.37. The molecular weight excluding hydrogens is 376 g/mol. The molecule has 1 aromatic heterocycles. The van der Waals surface area contributed by atoms with Crippen molar-refractivity contribution in [3.8, 4) is 5.75 Å². The molecule has 1 aromatic carbocycles. The Bertz CT molecular complexity index is 1080. The Morgan fingerprint density at radius 3 is 2.61 bits per heavy atom. The first kappa shape index (κ1) is 20.1. The fraction of sp³-hybridized carbons (Fsp3) is 0.381. The molecular formula is C21H24N2O4S. The summed E-state index contributed by atoms with van der Waals surface area (Å²) in [5, 5.41) is 0. The number of benzene rings is 1. The van der Waals surface area contributed by atoms with E-state index in [1.165, 1.54) is 15.9 Å². The number of fused-ring (bicyclic) bond motifs is 1. The van der Waals surface area contributed by atoms with E-state index in [0.29, 0.717) is 20.6 Å². The SMILES string of the molecule is CCC[C@@H]1N=c2s/c(=C\c3ccc(OC)cc3)c(=O)n2C(C)=C1C(=O)OCC. The molecule has 3 rings (SSSR count). The third kappa shape index (κ3) is 3.80. The van der Waals surface area contributed by atoms with Gasteiger partial charge in [0, 0.05) is 5.70 Å². The average molecular weight is 401 g/mol. The third-order valence-electron chi connectivity index (χ3n) is 4.60. The molecule has 0 N–H and O–H groups in total. The average Bonchev–Trinajstić information content (AvgIpc) is 2.98. The third-order valence-corrected chi connectivity index (χ3v) is 5.59. The van der Waals surface area contributed by atoms with Crippen LogP contribution in [0.4, 0.5) is 0 Å². The standard InChI is InChI=1S/C21H24N2O4S/c1-5-7-16-18(20(25)27-6-2)13(3)23-19(24)17(28-21(23)22-16)12-14-8-10-15(26-4)11-9-14/h8-12,16H,5-7H2,1-4H3/b17-12-/t16-/m0/s1. The van der Waals surface area contributed by atoms with Gasteiger partial charge in [-0.15, -0.1) is 0 Å². The Hall–Kier alpha value is -2.67. The highest BCUT2D eigenvalue weighted by Crippen LogP contribution is 2.23. The lowest BCUT2D eigenvalue weighted by atomic mass is 10.00. The van der Waals surface area contributed by atoms with Crippen LogP contribution in [-0.2, 0) is 9.53 Å². The number of methoxy groups -OCH3 is 1. The molecule has 0 saturated carbocycles. The quantitative estimate of drug-likeness (QED) is 0.698. The molecule has 0 amide bonds. The first-order valence-electron chi connectivity index (χ1n) is 9.33. The summed E-state index contributed by atoms with van der Waals surface area (Å²) in [5.41, 5.74) is 1.81. The summed E-state index contributed by atoms with van der Waals surface area (Å²) in [6, 6.07) is 7.21. The number of ether oxygens (including phenoxy) is 2. The van der Waals surface area contributed by atoms with Crippen molar-refractivity contribution in [2.45, 2.75) is 39.7 Å². The number of rotatable bonds is 6. The monoisotopic (exact) mass is 400 g/mol. The van der Waals surface area contributed by atoms with Crippen molar-refractivity contribution in [1.82, 2.24) is 4.57 Å². The second-order valence-corrected chi connectivity index (χ2v) is 7.47. The van der Waals surface area contributed by atoms with Crippen LogP contribution in [0.1, 0.15) is 39.2 Å². The fourth-order valence-corrected chi connectivity index (χ4v) is 4.30. The van der Waals surface area contributed by atoms with Crippen molar-refractivity contribution in [1.29, 1.82) is 0 Å². The van der Waals surface area contributed by atoms with Gasteiger partial charge in [0.1, 0.15) is 5.75 Å². The minimum absolute atomic E-state index is 0.172. The Kier molecular flexibility index (Phi) is 6.14. The molecule has 6 nitrogen and oxygen atoms in total. The van der Waals surface area contributed by atoms with E-state index in [-0.39, 0.29) is 18.2 Å². The van der Waals surface area contributed by atoms with Crippen molar-refractivity contribution in [3.05, 3.63) is 55.1 Å². The number of esters is 1. The lowest BCUT2D eigenvalue weighted by molar-refractivity contribution is -0.138. The van der Waals surface area contributed by atoms with Gasteiger partial charge in [-0.3, -0.25) is 9.36 Å². The van der Waals surface area contributed by atoms with Gasteiger partial charge in [0.2, 0.25) is 0 Å². The van der Waals surface area contributed by atoms with Gasteiger partial charge < -0.3 is 9.47 Å². The lowest BCUT2D eigenvalue weighted by Gasteiger charge is -2.21. The van der Waals surface area contributed by atoms with Crippen molar-refractivity contribution in [2.75, 3.05) is 13.7 Å². The summed E-state index contributed by atoms with van der Waals surface area (Å²) in [6.07, 6.45) is 3.44. The smallest absolute Gasteiger partial charge is 0.337 e. The van der Waals surface area contributed by atoms with Crippen LogP contribution >= 0.6 is 11.3 Å². The molecule has 1 aliphatic heterocycles. The molecule has 7 heteroatoms. The predicted molar refractivity (Wildman–Crippen MR) is 110 cm³/mol. The molecule has 0 spiro atoms. The van der Waals surface area contributed by atoms with E-state index in [9.17, 15) is 9.59 Å². The Morgan fingerprint density at radius 1 is 1.29 bits per heavy atom. The number of hydrogen-bond donors (Lipinski definition) is 0. The van der Waals surface area contributed by atoms with Gasteiger partial charge >= 0.3 is 5.97 Å². The van der Waals surface area contributed by atoms with E-state index >= 15 is 0 Å². The molecule has 148 valence electrons. The van der Waals surface area contributed by atoms with E-state index in [1.807, 2.05) is 37.3 Å². The zero-order valence-electron chi connectivity index (χ0n) is 16.5. The summed E-state index contributed by atoms with van der Waals surface area (Å²) in [7, 11) is 1.61. The summed E-state index contributed by atoms with van der Waals surface area (Å²) in [4.78, 5) is 30.8. The number of hydrogen-bond acceptors (Lipinski definition) is 6. The number of aromatic nitrogens is 1. The first-order valence-corrected chi connectivity index (χ1v) is 10.2. The van der Waals surface area contributed by atoms with E-state index in [2.05, 4.69) is 0 Å². The summed E-state index contributed by atoms with van der Waals surface area (Å²) >= 11 is 1.34. The highest BCUT2D eigenvalue weighted by molar-refractivity contribution is 7.07. The highest BCUT2D eigenvalue weighted by Gasteiger charge is 2.29. The van der Waals surface area contributed by atoms with Crippen molar-refractivity contribution in [3.63, 3.8) is 0 Å². The van der Waals surface area contributed by atoms with Crippen LogP contribution in [0, 0.1) is 0 Å². The molecule has 1 aliphatic rings. The maximum atomic E-state index is 13.0. The molecule has 28 heavy (non-hydrogen) atoms. The van der Waals surface area contributed by atoms with Gasteiger partial charge in [-0.25, -0.2) is 9.79 Å². The maximum absolute atomic E-state index is 13.0. The summed E-state index contributed by atoms with van der Waals surface area (Å²) in [6.45, 7) is 5.90. The van der Waals surface area contributed by atoms with Crippen LogP contribution in [0.15, 0.2) is 39.6 Å². The maximum Gasteiger partial charge on any atom is 0.337 e. The fourth-order valence-electron chi connectivity index (χ4n) is 3.24.